The van der Waals surface area contributed by atoms with Gasteiger partial charge in [-0.1, -0.05) is 18.2 Å². The van der Waals surface area contributed by atoms with Crippen molar-refractivity contribution in [2.24, 2.45) is 0 Å². The van der Waals surface area contributed by atoms with Crippen LogP contribution in [0.4, 0.5) is 0 Å². The Hall–Kier alpha value is -7.80. The van der Waals surface area contributed by atoms with E-state index in [1.165, 1.54) is 18.2 Å². The molecule has 0 spiro atoms. The molecule has 0 saturated heterocycles. The second-order valence-corrected chi connectivity index (χ2v) is 15.7. The van der Waals surface area contributed by atoms with E-state index in [1.807, 2.05) is 0 Å². The highest BCUT2D eigenvalue weighted by Crippen LogP contribution is 2.62. The van der Waals surface area contributed by atoms with Crippen molar-refractivity contribution in [1.82, 2.24) is 0 Å². The van der Waals surface area contributed by atoms with Gasteiger partial charge in [-0.05, 0) is 53.1 Å². The molecule has 8 atom stereocenters. The topological polar surface area (TPSA) is 331 Å². The number of phenolic OH excluding ortho intramolecular Hbond substituents is 12. The van der Waals surface area contributed by atoms with Crippen LogP contribution in [0.5, 0.6) is 86.2 Å². The van der Waals surface area contributed by atoms with Crippen LogP contribution in [0.1, 0.15) is 74.7 Å². The van der Waals surface area contributed by atoms with Gasteiger partial charge < -0.3 is 90.8 Å². The molecule has 5 unspecified atom stereocenters. The molecule has 0 bridgehead atoms. The number of aromatic hydroxyl groups is 12. The molecule has 0 aliphatic carbocycles. The lowest BCUT2D eigenvalue weighted by molar-refractivity contribution is -0.00562. The Balaban J connectivity index is 1.31. The molecule has 6 aromatic rings. The fourth-order valence-corrected chi connectivity index (χ4v) is 8.94. The molecule has 15 N–H and O–H groups in total. The van der Waals surface area contributed by atoms with Crippen LogP contribution in [0.15, 0.2) is 78.9 Å². The first-order valence-electron chi connectivity index (χ1n) is 19.3. The summed E-state index contributed by atoms with van der Waals surface area (Å²) in [6.07, 6.45) is -9.93. The predicted octanol–water partition coefficient (Wildman–Crippen LogP) is 4.44. The average Bonchev–Trinajstić information content (AvgIpc) is 3.22. The third-order valence-electron chi connectivity index (χ3n) is 11.8. The third kappa shape index (κ3) is 6.46. The summed E-state index contributed by atoms with van der Waals surface area (Å²) in [6, 6.07) is 14.4. The predicted molar refractivity (Wildman–Crippen MR) is 214 cm³/mol. The highest BCUT2D eigenvalue weighted by molar-refractivity contribution is 5.70. The molecule has 63 heavy (non-hydrogen) atoms. The lowest BCUT2D eigenvalue weighted by Gasteiger charge is -2.43. The molecule has 0 aromatic heterocycles. The highest BCUT2D eigenvalue weighted by Gasteiger charge is 2.51. The van der Waals surface area contributed by atoms with Crippen LogP contribution in [0.3, 0.4) is 0 Å². The minimum absolute atomic E-state index is 0.0127. The number of hydrogen-bond acceptors (Lipinski definition) is 18. The fourth-order valence-electron chi connectivity index (χ4n) is 8.94. The van der Waals surface area contributed by atoms with E-state index in [-0.39, 0.29) is 62.4 Å². The number of benzene rings is 6. The maximum absolute atomic E-state index is 12.5. The van der Waals surface area contributed by atoms with Crippen molar-refractivity contribution in [3.63, 3.8) is 0 Å². The lowest BCUT2D eigenvalue weighted by Crippen LogP contribution is -2.39. The van der Waals surface area contributed by atoms with Gasteiger partial charge in [-0.15, -0.1) is 0 Å². The summed E-state index contributed by atoms with van der Waals surface area (Å²) < 4.78 is 18.9. The van der Waals surface area contributed by atoms with Crippen molar-refractivity contribution in [3.05, 3.63) is 123 Å². The number of hydrogen-bond donors (Lipinski definition) is 15. The first-order valence-corrected chi connectivity index (χ1v) is 19.3. The maximum Gasteiger partial charge on any atom is 0.157 e. The van der Waals surface area contributed by atoms with Crippen LogP contribution in [-0.4, -0.2) is 94.9 Å². The molecule has 0 amide bonds. The standard InChI is InChI=1S/C45H38O18/c46-18-10-27(54)33-32(11-18)61-42(16-2-5-21(48)25(52)8-16)39(59)37(33)35-29(56)14-30(57)36-38(40(60)43(63-45(35)36)17-3-6-22(49)26(53)9-17)34-28(55)13-23(50)19-12-31(58)41(62-44(19)34)15-1-4-20(47)24(51)7-15/h1-11,13-14,31,37-43,46-60H,12H2/t31?,37?,38?,39?,40?,41-,42-,43-/m1/s1. The third-order valence-corrected chi connectivity index (χ3v) is 11.8. The Morgan fingerprint density at radius 2 is 0.778 bits per heavy atom. The van der Waals surface area contributed by atoms with Gasteiger partial charge in [-0.3, -0.25) is 0 Å². The molecule has 0 fully saturated rings. The Morgan fingerprint density at radius 3 is 1.29 bits per heavy atom. The van der Waals surface area contributed by atoms with Gasteiger partial charge >= 0.3 is 0 Å². The lowest BCUT2D eigenvalue weighted by atomic mass is 9.73. The zero-order valence-corrected chi connectivity index (χ0v) is 32.3. The number of fused-ring (bicyclic) bond motifs is 3. The van der Waals surface area contributed by atoms with E-state index in [2.05, 4.69) is 0 Å². The second kappa shape index (κ2) is 14.7. The van der Waals surface area contributed by atoms with Crippen LogP contribution >= 0.6 is 0 Å². The first kappa shape index (κ1) is 40.6. The summed E-state index contributed by atoms with van der Waals surface area (Å²) in [6.45, 7) is 0. The van der Waals surface area contributed by atoms with Gasteiger partial charge in [0, 0.05) is 58.5 Å². The number of ether oxygens (including phenoxy) is 3. The maximum atomic E-state index is 12.5. The normalized spacial score (nSPS) is 23.6. The van der Waals surface area contributed by atoms with Gasteiger partial charge in [0.25, 0.3) is 0 Å². The van der Waals surface area contributed by atoms with Crippen molar-refractivity contribution in [3.8, 4) is 86.2 Å². The van der Waals surface area contributed by atoms with Crippen molar-refractivity contribution >= 4 is 0 Å². The quantitative estimate of drug-likeness (QED) is 0.106. The van der Waals surface area contributed by atoms with Crippen LogP contribution in [-0.2, 0) is 6.42 Å². The molecule has 326 valence electrons. The average molecular weight is 867 g/mol. The van der Waals surface area contributed by atoms with Crippen molar-refractivity contribution in [2.75, 3.05) is 0 Å². The van der Waals surface area contributed by atoms with E-state index in [1.54, 1.807) is 0 Å². The Labute approximate surface area is 354 Å². The molecular weight excluding hydrogens is 828 g/mol. The molecule has 0 radical (unpaired) electrons. The first-order chi connectivity index (χ1) is 29.9. The molecule has 18 nitrogen and oxygen atoms in total. The van der Waals surface area contributed by atoms with E-state index in [9.17, 15) is 76.6 Å². The van der Waals surface area contributed by atoms with E-state index >= 15 is 0 Å². The van der Waals surface area contributed by atoms with Crippen LogP contribution in [0.2, 0.25) is 0 Å². The monoisotopic (exact) mass is 866 g/mol. The Morgan fingerprint density at radius 1 is 0.365 bits per heavy atom. The fraction of sp³-hybridized carbons (Fsp3) is 0.200. The zero-order chi connectivity index (χ0) is 44.9. The summed E-state index contributed by atoms with van der Waals surface area (Å²) in [5.41, 5.74) is -1.10. The SMILES string of the molecule is Oc1cc(O)c2c(c1)O[C@H](c1ccc(O)c(O)c1)C(O)C2c1c(O)cc(O)c2c1O[C@H](c1ccc(O)c(O)c1)C(O)C2c1c(O)cc(O)c2c1O[C@H](c1ccc(O)c(O)c1)C(O)C2. The molecule has 3 heterocycles. The molecule has 9 rings (SSSR count). The number of aliphatic hydroxyl groups is 3. The van der Waals surface area contributed by atoms with Gasteiger partial charge in [0.05, 0.1) is 17.9 Å². The van der Waals surface area contributed by atoms with Crippen LogP contribution in [0.25, 0.3) is 0 Å². The number of aliphatic hydroxyl groups excluding tert-OH is 3. The molecule has 18 heteroatoms. The summed E-state index contributed by atoms with van der Waals surface area (Å²) in [7, 11) is 0. The van der Waals surface area contributed by atoms with Crippen LogP contribution in [0, 0.1) is 0 Å². The molecular formula is C45H38O18. The van der Waals surface area contributed by atoms with Crippen LogP contribution < -0.4 is 14.2 Å². The summed E-state index contributed by atoms with van der Waals surface area (Å²) in [4.78, 5) is 0. The van der Waals surface area contributed by atoms with Gasteiger partial charge in [0.1, 0.15) is 70.1 Å². The van der Waals surface area contributed by atoms with E-state index in [4.69, 9.17) is 14.2 Å². The van der Waals surface area contributed by atoms with Gasteiger partial charge in [-0.25, -0.2) is 0 Å². The largest absolute Gasteiger partial charge is 0.508 e. The number of phenols is 12. The highest BCUT2D eigenvalue weighted by atomic mass is 16.5. The summed E-state index contributed by atoms with van der Waals surface area (Å²) in [5, 5.41) is 166. The molecule has 3 aliphatic rings. The second-order valence-electron chi connectivity index (χ2n) is 15.7. The van der Waals surface area contributed by atoms with Gasteiger partial charge in [0.2, 0.25) is 0 Å². The molecule has 3 aliphatic heterocycles. The number of rotatable bonds is 5. The van der Waals surface area contributed by atoms with E-state index in [0.29, 0.717) is 0 Å². The van der Waals surface area contributed by atoms with Gasteiger partial charge in [-0.2, -0.15) is 0 Å². The van der Waals surface area contributed by atoms with E-state index < -0.39 is 123 Å². The van der Waals surface area contributed by atoms with Crippen molar-refractivity contribution in [1.29, 1.82) is 0 Å². The minimum atomic E-state index is -1.90. The zero-order valence-electron chi connectivity index (χ0n) is 32.3. The summed E-state index contributed by atoms with van der Waals surface area (Å²) in [5.74, 6) is -11.5. The smallest absolute Gasteiger partial charge is 0.157 e. The Bertz CT molecular complexity index is 2840. The molecule has 6 aromatic carbocycles. The minimum Gasteiger partial charge on any atom is -0.508 e. The van der Waals surface area contributed by atoms with Crippen molar-refractivity contribution in [2.45, 2.75) is 54.9 Å². The Kier molecular flexibility index (Phi) is 9.46. The van der Waals surface area contributed by atoms with E-state index in [0.717, 1.165) is 60.7 Å². The summed E-state index contributed by atoms with van der Waals surface area (Å²) >= 11 is 0. The van der Waals surface area contributed by atoms with Crippen molar-refractivity contribution < 1.29 is 90.8 Å². The van der Waals surface area contributed by atoms with Gasteiger partial charge in [0.15, 0.2) is 46.7 Å². The molecule has 0 saturated carbocycles.